The van der Waals surface area contributed by atoms with E-state index in [9.17, 15) is 23.5 Å². The van der Waals surface area contributed by atoms with E-state index in [1.54, 1.807) is 20.8 Å². The Bertz CT molecular complexity index is 849. The van der Waals surface area contributed by atoms with E-state index in [4.69, 9.17) is 16.3 Å². The van der Waals surface area contributed by atoms with Gasteiger partial charge in [0.1, 0.15) is 15.6 Å². The van der Waals surface area contributed by atoms with E-state index >= 15 is 0 Å². The summed E-state index contributed by atoms with van der Waals surface area (Å²) in [5.41, 5.74) is -1.64. The van der Waals surface area contributed by atoms with Crippen molar-refractivity contribution >= 4 is 40.0 Å². The van der Waals surface area contributed by atoms with Crippen molar-refractivity contribution in [1.82, 2.24) is 4.98 Å². The zero-order valence-electron chi connectivity index (χ0n) is 13.3. The van der Waals surface area contributed by atoms with Crippen LogP contribution < -0.4 is 5.32 Å². The Kier molecular flexibility index (Phi) is 5.28. The van der Waals surface area contributed by atoms with Gasteiger partial charge in [0.25, 0.3) is 0 Å². The fraction of sp³-hybridized carbons (Fsp3) is 0.267. The smallest absolute Gasteiger partial charge is 0.412 e. The molecule has 0 saturated carbocycles. The summed E-state index contributed by atoms with van der Waals surface area (Å²) < 4.78 is 32.5. The molecule has 1 heterocycles. The van der Waals surface area contributed by atoms with E-state index in [1.165, 1.54) is 0 Å². The average Bonchev–Trinajstić information content (AvgIpc) is 2.84. The summed E-state index contributed by atoms with van der Waals surface area (Å²) in [5.74, 6) is -3.87. The number of carbonyl (C=O) groups is 2. The Morgan fingerprint density at radius 2 is 1.96 bits per heavy atom. The van der Waals surface area contributed by atoms with Gasteiger partial charge in [0.2, 0.25) is 0 Å². The van der Waals surface area contributed by atoms with Crippen molar-refractivity contribution in [2.75, 3.05) is 5.32 Å². The molecule has 0 atom stereocenters. The number of amides is 1. The van der Waals surface area contributed by atoms with Crippen molar-refractivity contribution in [2.45, 2.75) is 26.4 Å². The van der Waals surface area contributed by atoms with Crippen LogP contribution >= 0.6 is 22.9 Å². The van der Waals surface area contributed by atoms with Crippen molar-refractivity contribution in [3.63, 3.8) is 0 Å². The third kappa shape index (κ3) is 4.64. The Morgan fingerprint density at radius 1 is 1.32 bits per heavy atom. The number of benzene rings is 1. The molecule has 2 aromatic rings. The third-order valence-corrected chi connectivity index (χ3v) is 3.89. The van der Waals surface area contributed by atoms with Gasteiger partial charge in [-0.25, -0.2) is 23.4 Å². The molecule has 0 spiro atoms. The molecular formula is C15H13ClF2N2O4S. The van der Waals surface area contributed by atoms with Crippen LogP contribution in [-0.4, -0.2) is 27.8 Å². The molecule has 0 fully saturated rings. The molecule has 0 radical (unpaired) electrons. The summed E-state index contributed by atoms with van der Waals surface area (Å²) >= 11 is 6.36. The summed E-state index contributed by atoms with van der Waals surface area (Å²) in [5, 5.41) is 11.1. The summed E-state index contributed by atoms with van der Waals surface area (Å²) in [6.45, 7) is 4.90. The van der Waals surface area contributed by atoms with E-state index < -0.39 is 35.0 Å². The first-order valence-corrected chi connectivity index (χ1v) is 8.06. The summed E-state index contributed by atoms with van der Waals surface area (Å²) in [4.78, 5) is 26.9. The number of aromatic carboxylic acids is 1. The fourth-order valence-electron chi connectivity index (χ4n) is 1.77. The largest absolute Gasteiger partial charge is 0.476 e. The van der Waals surface area contributed by atoms with Crippen LogP contribution in [0.4, 0.5) is 18.6 Å². The van der Waals surface area contributed by atoms with Crippen LogP contribution in [0.5, 0.6) is 0 Å². The van der Waals surface area contributed by atoms with Crippen LogP contribution in [0.1, 0.15) is 31.3 Å². The van der Waals surface area contributed by atoms with Crippen molar-refractivity contribution < 1.29 is 28.2 Å². The van der Waals surface area contributed by atoms with Crippen LogP contribution in [0.3, 0.4) is 0 Å². The highest BCUT2D eigenvalue weighted by Gasteiger charge is 2.25. The van der Waals surface area contributed by atoms with E-state index in [0.717, 1.165) is 12.1 Å². The quantitative estimate of drug-likeness (QED) is 0.736. The standard InChI is InChI=1S/C15H13ClF2N2O4S/c1-15(2,3)24-14(23)20-12-10(13(21)22)19-11(25-12)7-4-6(16)5-8(17)9(7)18/h4-5H,1-3H3,(H,20,23)(H,21,22). The van der Waals surface area contributed by atoms with Crippen LogP contribution in [0, 0.1) is 11.6 Å². The molecule has 10 heteroatoms. The summed E-state index contributed by atoms with van der Waals surface area (Å²) in [7, 11) is 0. The van der Waals surface area contributed by atoms with Crippen molar-refractivity contribution in [1.29, 1.82) is 0 Å². The molecule has 6 nitrogen and oxygen atoms in total. The molecule has 1 aromatic heterocycles. The Balaban J connectivity index is 2.44. The maximum Gasteiger partial charge on any atom is 0.412 e. The highest BCUT2D eigenvalue weighted by atomic mass is 35.5. The number of anilines is 1. The van der Waals surface area contributed by atoms with E-state index in [-0.39, 0.29) is 20.6 Å². The number of thiazole rings is 1. The Labute approximate surface area is 150 Å². The van der Waals surface area contributed by atoms with E-state index in [0.29, 0.717) is 11.3 Å². The number of ether oxygens (including phenoxy) is 1. The maximum absolute atomic E-state index is 14.0. The number of hydrogen-bond donors (Lipinski definition) is 2. The number of carbonyl (C=O) groups excluding carboxylic acids is 1. The predicted octanol–water partition coefficient (Wildman–Crippen LogP) is 4.79. The van der Waals surface area contributed by atoms with Gasteiger partial charge in [0.15, 0.2) is 17.3 Å². The van der Waals surface area contributed by atoms with Gasteiger partial charge < -0.3 is 9.84 Å². The first-order chi connectivity index (χ1) is 11.5. The highest BCUT2D eigenvalue weighted by molar-refractivity contribution is 7.19. The Morgan fingerprint density at radius 3 is 2.52 bits per heavy atom. The lowest BCUT2D eigenvalue weighted by Gasteiger charge is -2.19. The summed E-state index contributed by atoms with van der Waals surface area (Å²) in [6, 6.07) is 1.90. The second-order valence-corrected chi connectivity index (χ2v) is 7.31. The number of carboxylic acids is 1. The monoisotopic (exact) mass is 390 g/mol. The predicted molar refractivity (Wildman–Crippen MR) is 89.3 cm³/mol. The molecule has 0 unspecified atom stereocenters. The van der Waals surface area contributed by atoms with Gasteiger partial charge in [-0.05, 0) is 32.9 Å². The van der Waals surface area contributed by atoms with Gasteiger partial charge in [-0.1, -0.05) is 22.9 Å². The molecule has 2 rings (SSSR count). The maximum atomic E-state index is 14.0. The number of halogens is 3. The van der Waals surface area contributed by atoms with Crippen molar-refractivity contribution in [2.24, 2.45) is 0 Å². The molecule has 0 bridgehead atoms. The lowest BCUT2D eigenvalue weighted by atomic mass is 10.2. The minimum atomic E-state index is -1.45. The molecule has 0 aliphatic heterocycles. The number of rotatable bonds is 3. The van der Waals surface area contributed by atoms with Gasteiger partial charge in [0.05, 0.1) is 5.56 Å². The molecule has 0 saturated heterocycles. The van der Waals surface area contributed by atoms with E-state index in [1.807, 2.05) is 0 Å². The normalized spacial score (nSPS) is 11.3. The van der Waals surface area contributed by atoms with Crippen LogP contribution in [0.15, 0.2) is 12.1 Å². The number of carboxylic acid groups (broad SMARTS) is 1. The molecule has 1 amide bonds. The Hall–Kier alpha value is -2.26. The second-order valence-electron chi connectivity index (χ2n) is 5.88. The lowest BCUT2D eigenvalue weighted by Crippen LogP contribution is -2.27. The zero-order chi connectivity index (χ0) is 18.9. The van der Waals surface area contributed by atoms with Crippen LogP contribution in [-0.2, 0) is 4.74 Å². The zero-order valence-corrected chi connectivity index (χ0v) is 14.9. The molecule has 0 aliphatic carbocycles. The van der Waals surface area contributed by atoms with Gasteiger partial charge >= 0.3 is 12.1 Å². The van der Waals surface area contributed by atoms with E-state index in [2.05, 4.69) is 10.3 Å². The molecular weight excluding hydrogens is 378 g/mol. The number of hydrogen-bond acceptors (Lipinski definition) is 5. The number of aromatic nitrogens is 1. The number of nitrogens with one attached hydrogen (secondary N) is 1. The average molecular weight is 391 g/mol. The topological polar surface area (TPSA) is 88.5 Å². The van der Waals surface area contributed by atoms with Crippen molar-refractivity contribution in [3.05, 3.63) is 34.5 Å². The van der Waals surface area contributed by atoms with Crippen molar-refractivity contribution in [3.8, 4) is 10.6 Å². The first-order valence-electron chi connectivity index (χ1n) is 6.87. The highest BCUT2D eigenvalue weighted by Crippen LogP contribution is 2.36. The molecule has 134 valence electrons. The molecule has 1 aromatic carbocycles. The first kappa shape index (κ1) is 19.1. The third-order valence-electron chi connectivity index (χ3n) is 2.67. The van der Waals surface area contributed by atoms with Gasteiger partial charge in [0, 0.05) is 5.02 Å². The minimum absolute atomic E-state index is 0.0809. The van der Waals surface area contributed by atoms with Gasteiger partial charge in [-0.15, -0.1) is 0 Å². The summed E-state index contributed by atoms with van der Waals surface area (Å²) in [6.07, 6.45) is -0.900. The number of nitrogens with zero attached hydrogens (tertiary/aromatic N) is 1. The van der Waals surface area contributed by atoms with Crippen LogP contribution in [0.25, 0.3) is 10.6 Å². The minimum Gasteiger partial charge on any atom is -0.476 e. The SMILES string of the molecule is CC(C)(C)OC(=O)Nc1sc(-c2cc(Cl)cc(F)c2F)nc1C(=O)O. The van der Waals surface area contributed by atoms with Gasteiger partial charge in [-0.2, -0.15) is 0 Å². The fourth-order valence-corrected chi connectivity index (χ4v) is 2.93. The molecule has 0 aliphatic rings. The molecule has 2 N–H and O–H groups in total. The molecule has 25 heavy (non-hydrogen) atoms. The van der Waals surface area contributed by atoms with Gasteiger partial charge in [-0.3, -0.25) is 5.32 Å². The second kappa shape index (κ2) is 6.93. The lowest BCUT2D eigenvalue weighted by molar-refractivity contribution is 0.0636. The van der Waals surface area contributed by atoms with Crippen LogP contribution in [0.2, 0.25) is 5.02 Å².